The topological polar surface area (TPSA) is 112 Å². The molecule has 0 unspecified atom stereocenters. The molecule has 0 aliphatic carbocycles. The Hall–Kier alpha value is -1.85. The molecule has 0 aromatic heterocycles. The van der Waals surface area contributed by atoms with Crippen LogP contribution in [0.5, 0.6) is 0 Å². The molecule has 3 N–H and O–H groups in total. The molecule has 0 heterocycles. The number of hydrogen-bond donors (Lipinski definition) is 3. The van der Waals surface area contributed by atoms with Crippen molar-refractivity contribution in [3.63, 3.8) is 0 Å². The third kappa shape index (κ3) is 15.7. The number of rotatable bonds is 1. The average Bonchev–Trinajstić information content (AvgIpc) is 1.87. The van der Waals surface area contributed by atoms with Gasteiger partial charge in [-0.15, -0.1) is 0 Å². The van der Waals surface area contributed by atoms with Crippen molar-refractivity contribution < 1.29 is 29.7 Å². The van der Waals surface area contributed by atoms with Gasteiger partial charge in [0.05, 0.1) is 0 Å². The lowest BCUT2D eigenvalue weighted by atomic mass is 10.5. The Morgan fingerprint density at radius 2 is 1.33 bits per heavy atom. The van der Waals surface area contributed by atoms with Crippen LogP contribution < -0.4 is 0 Å². The molecule has 0 aliphatic rings. The lowest BCUT2D eigenvalue weighted by Gasteiger charge is -1.72. The molecular weight excluding hydrogens is 168 g/mol. The minimum absolute atomic E-state index is 0.891. The summed E-state index contributed by atoms with van der Waals surface area (Å²) in [6, 6.07) is 0. The van der Waals surface area contributed by atoms with E-state index in [9.17, 15) is 4.79 Å². The number of allylic oxidation sites excluding steroid dienone is 1. The Morgan fingerprint density at radius 3 is 1.33 bits per heavy atom. The molecule has 12 heavy (non-hydrogen) atoms. The van der Waals surface area contributed by atoms with Gasteiger partial charge in [-0.05, 0) is 6.92 Å². The van der Waals surface area contributed by atoms with Crippen LogP contribution in [0.4, 0.5) is 0 Å². The van der Waals surface area contributed by atoms with Crippen LogP contribution in [0.1, 0.15) is 6.92 Å². The van der Waals surface area contributed by atoms with E-state index in [0.29, 0.717) is 0 Å². The van der Waals surface area contributed by atoms with Crippen molar-refractivity contribution in [2.45, 2.75) is 6.92 Å². The first kappa shape index (κ1) is 12.8. The van der Waals surface area contributed by atoms with Gasteiger partial charge in [-0.2, -0.15) is 0 Å². The molecule has 0 radical (unpaired) electrons. The van der Waals surface area contributed by atoms with Crippen molar-refractivity contribution in [2.24, 2.45) is 0 Å². The molecule has 0 bridgehead atoms. The van der Waals surface area contributed by atoms with Crippen LogP contribution in [0, 0.1) is 0 Å². The van der Waals surface area contributed by atoms with Crippen molar-refractivity contribution in [1.29, 1.82) is 0 Å². The van der Waals surface area contributed by atoms with Crippen molar-refractivity contribution in [2.75, 3.05) is 0 Å². The molecule has 0 rings (SSSR count). The maximum atomic E-state index is 9.51. The van der Waals surface area contributed by atoms with E-state index in [1.165, 1.54) is 6.08 Å². The molecule has 0 saturated heterocycles. The van der Waals surface area contributed by atoms with Crippen molar-refractivity contribution >= 4 is 17.9 Å². The summed E-state index contributed by atoms with van der Waals surface area (Å²) in [5.74, 6) is -4.54. The van der Waals surface area contributed by atoms with E-state index in [2.05, 4.69) is 0 Å². The maximum Gasteiger partial charge on any atom is 0.414 e. The van der Waals surface area contributed by atoms with Gasteiger partial charge in [-0.3, -0.25) is 0 Å². The molecule has 0 saturated carbocycles. The van der Waals surface area contributed by atoms with E-state index in [4.69, 9.17) is 24.9 Å². The Balaban J connectivity index is 0. The quantitative estimate of drug-likeness (QED) is 0.377. The van der Waals surface area contributed by atoms with E-state index < -0.39 is 17.9 Å². The fourth-order valence-corrected chi connectivity index (χ4v) is 0.143. The number of carboxylic acid groups (broad SMARTS) is 3. The summed E-state index contributed by atoms with van der Waals surface area (Å²) in [5.41, 5.74) is 0. The zero-order valence-corrected chi connectivity index (χ0v) is 6.22. The second-order valence-electron chi connectivity index (χ2n) is 1.45. The highest BCUT2D eigenvalue weighted by Gasteiger charge is 2.04. The first-order valence-electron chi connectivity index (χ1n) is 2.73. The monoisotopic (exact) mass is 176 g/mol. The second kappa shape index (κ2) is 7.26. The zero-order chi connectivity index (χ0) is 10.1. The minimum atomic E-state index is -1.82. The molecule has 0 spiro atoms. The molecule has 0 atom stereocenters. The van der Waals surface area contributed by atoms with Crippen LogP contribution >= 0.6 is 0 Å². The van der Waals surface area contributed by atoms with Crippen molar-refractivity contribution in [1.82, 2.24) is 0 Å². The molecule has 68 valence electrons. The van der Waals surface area contributed by atoms with Gasteiger partial charge < -0.3 is 15.3 Å². The van der Waals surface area contributed by atoms with Crippen LogP contribution in [-0.4, -0.2) is 33.2 Å². The molecule has 0 aromatic carbocycles. The highest BCUT2D eigenvalue weighted by molar-refractivity contribution is 6.27. The first-order chi connectivity index (χ1) is 5.41. The minimum Gasteiger partial charge on any atom is -0.478 e. The summed E-state index contributed by atoms with van der Waals surface area (Å²) in [5, 5.41) is 22.6. The molecule has 0 aliphatic heterocycles. The van der Waals surface area contributed by atoms with E-state index in [1.54, 1.807) is 6.92 Å². The lowest BCUT2D eigenvalue weighted by Crippen LogP contribution is -2.09. The van der Waals surface area contributed by atoms with Gasteiger partial charge in [-0.25, -0.2) is 14.4 Å². The molecule has 6 heteroatoms. The molecule has 6 nitrogen and oxygen atoms in total. The lowest BCUT2D eigenvalue weighted by molar-refractivity contribution is -0.159. The number of aliphatic carboxylic acids is 3. The van der Waals surface area contributed by atoms with Crippen LogP contribution in [0.2, 0.25) is 0 Å². The standard InChI is InChI=1S/C4H6O2.C2H2O4/c1-2-3-4(5)6;3-1(4)2(5)6/h2-3H,1H3,(H,5,6);(H,3,4)(H,5,6). The van der Waals surface area contributed by atoms with Crippen LogP contribution in [-0.2, 0) is 14.4 Å². The van der Waals surface area contributed by atoms with Crippen molar-refractivity contribution in [3.8, 4) is 0 Å². The Bertz CT molecular complexity index is 192. The number of carbonyl (C=O) groups is 3. The summed E-state index contributed by atoms with van der Waals surface area (Å²) in [6.45, 7) is 1.66. The largest absolute Gasteiger partial charge is 0.478 e. The Morgan fingerprint density at radius 1 is 1.00 bits per heavy atom. The predicted octanol–water partition coefficient (Wildman–Crippen LogP) is -0.197. The third-order valence-electron chi connectivity index (χ3n) is 0.492. The van der Waals surface area contributed by atoms with Crippen LogP contribution in [0.3, 0.4) is 0 Å². The first-order valence-corrected chi connectivity index (χ1v) is 2.73. The van der Waals surface area contributed by atoms with Crippen molar-refractivity contribution in [3.05, 3.63) is 12.2 Å². The van der Waals surface area contributed by atoms with E-state index in [0.717, 1.165) is 6.08 Å². The maximum absolute atomic E-state index is 9.51. The molecule has 0 amide bonds. The average molecular weight is 176 g/mol. The third-order valence-corrected chi connectivity index (χ3v) is 0.492. The van der Waals surface area contributed by atoms with E-state index in [1.807, 2.05) is 0 Å². The highest BCUT2D eigenvalue weighted by Crippen LogP contribution is 1.65. The van der Waals surface area contributed by atoms with Crippen LogP contribution in [0.15, 0.2) is 12.2 Å². The molecular formula is C6H8O6. The summed E-state index contributed by atoms with van der Waals surface area (Å²) in [7, 11) is 0. The fraction of sp³-hybridized carbons (Fsp3) is 0.167. The van der Waals surface area contributed by atoms with Gasteiger partial charge in [0.15, 0.2) is 0 Å². The number of carboxylic acids is 3. The van der Waals surface area contributed by atoms with Gasteiger partial charge in [0, 0.05) is 6.08 Å². The Kier molecular flexibility index (Phi) is 7.74. The smallest absolute Gasteiger partial charge is 0.414 e. The van der Waals surface area contributed by atoms with Gasteiger partial charge >= 0.3 is 17.9 Å². The fourth-order valence-electron chi connectivity index (χ4n) is 0.143. The van der Waals surface area contributed by atoms with E-state index >= 15 is 0 Å². The second-order valence-corrected chi connectivity index (χ2v) is 1.45. The van der Waals surface area contributed by atoms with Gasteiger partial charge in [-0.1, -0.05) is 6.08 Å². The predicted molar refractivity (Wildman–Crippen MR) is 37.7 cm³/mol. The normalized spacial score (nSPS) is 8.42. The summed E-state index contributed by atoms with van der Waals surface area (Å²) in [4.78, 5) is 27.7. The van der Waals surface area contributed by atoms with E-state index in [-0.39, 0.29) is 0 Å². The SMILES string of the molecule is CC=CC(=O)O.O=C(O)C(=O)O. The highest BCUT2D eigenvalue weighted by atomic mass is 16.4. The summed E-state index contributed by atoms with van der Waals surface area (Å²) < 4.78 is 0. The molecule has 0 fully saturated rings. The van der Waals surface area contributed by atoms with Gasteiger partial charge in [0.25, 0.3) is 0 Å². The van der Waals surface area contributed by atoms with Crippen LogP contribution in [0.25, 0.3) is 0 Å². The Labute approximate surface area is 67.7 Å². The number of hydrogen-bond acceptors (Lipinski definition) is 3. The zero-order valence-electron chi connectivity index (χ0n) is 6.22. The summed E-state index contributed by atoms with van der Waals surface area (Å²) >= 11 is 0. The molecule has 0 aromatic rings. The summed E-state index contributed by atoms with van der Waals surface area (Å²) in [6.07, 6.45) is 2.56. The van der Waals surface area contributed by atoms with Gasteiger partial charge in [0.2, 0.25) is 0 Å². The van der Waals surface area contributed by atoms with Gasteiger partial charge in [0.1, 0.15) is 0 Å².